The van der Waals surface area contributed by atoms with Gasteiger partial charge in [0.25, 0.3) is 5.91 Å². The number of hydrogen-bond donors (Lipinski definition) is 0. The number of rotatable bonds is 4. The molecular weight excluding hydrogens is 339 g/mol. The summed E-state index contributed by atoms with van der Waals surface area (Å²) in [5.74, 6) is 0.0566. The van der Waals surface area contributed by atoms with Crippen LogP contribution in [0.1, 0.15) is 11.3 Å². The first-order chi connectivity index (χ1) is 12.7. The van der Waals surface area contributed by atoms with Crippen LogP contribution in [0.2, 0.25) is 0 Å². The van der Waals surface area contributed by atoms with Crippen LogP contribution in [0.3, 0.4) is 0 Å². The summed E-state index contributed by atoms with van der Waals surface area (Å²) >= 11 is 0. The third-order valence-electron chi connectivity index (χ3n) is 4.48. The number of carbonyl (C=O) groups is 1. The molecule has 1 saturated heterocycles. The first-order valence-electron chi connectivity index (χ1n) is 8.53. The molecule has 1 aromatic heterocycles. The number of aromatic nitrogens is 2. The molecule has 0 unspecified atom stereocenters. The highest BCUT2D eigenvalue weighted by Gasteiger charge is 2.26. The molecular formula is C18H19FN4O3. The number of carbonyl (C=O) groups excluding carboxylic acids is 1. The molecule has 0 atom stereocenters. The minimum absolute atomic E-state index is 0.0759. The average Bonchev–Trinajstić information content (AvgIpc) is 3.11. The topological polar surface area (TPSA) is 67.8 Å². The highest BCUT2D eigenvalue weighted by molar-refractivity contribution is 5.78. The highest BCUT2D eigenvalue weighted by atomic mass is 19.1. The fourth-order valence-corrected chi connectivity index (χ4v) is 3.03. The zero-order valence-corrected chi connectivity index (χ0v) is 14.2. The molecule has 1 fully saturated rings. The summed E-state index contributed by atoms with van der Waals surface area (Å²) in [7, 11) is 0. The molecule has 2 aliphatic heterocycles. The van der Waals surface area contributed by atoms with Gasteiger partial charge < -0.3 is 19.3 Å². The monoisotopic (exact) mass is 358 g/mol. The molecule has 0 bridgehead atoms. The van der Waals surface area contributed by atoms with Crippen molar-refractivity contribution >= 4 is 11.9 Å². The molecule has 26 heavy (non-hydrogen) atoms. The maximum Gasteiger partial charge on any atom is 0.261 e. The van der Waals surface area contributed by atoms with Crippen molar-refractivity contribution in [3.8, 4) is 5.75 Å². The fourth-order valence-electron chi connectivity index (χ4n) is 3.03. The van der Waals surface area contributed by atoms with Crippen molar-refractivity contribution in [1.29, 1.82) is 0 Å². The minimum Gasteiger partial charge on any atom is -0.481 e. The number of amides is 1. The van der Waals surface area contributed by atoms with Crippen molar-refractivity contribution in [3.05, 3.63) is 47.5 Å². The lowest BCUT2D eigenvalue weighted by Crippen LogP contribution is -2.37. The van der Waals surface area contributed by atoms with E-state index in [1.165, 1.54) is 12.1 Å². The Morgan fingerprint density at radius 2 is 2.04 bits per heavy atom. The first kappa shape index (κ1) is 16.7. The van der Waals surface area contributed by atoms with Gasteiger partial charge in [0.1, 0.15) is 0 Å². The lowest BCUT2D eigenvalue weighted by atomic mass is 10.3. The quantitative estimate of drug-likeness (QED) is 0.822. The van der Waals surface area contributed by atoms with Crippen LogP contribution in [0.4, 0.5) is 10.3 Å². The fraction of sp³-hybridized carbons (Fsp3) is 0.389. The number of nitrogens with zero attached hydrogens (tertiary/aromatic N) is 4. The van der Waals surface area contributed by atoms with Crippen LogP contribution in [0.5, 0.6) is 5.75 Å². The van der Waals surface area contributed by atoms with Gasteiger partial charge in [0, 0.05) is 31.4 Å². The van der Waals surface area contributed by atoms with Gasteiger partial charge in [-0.15, -0.1) is 0 Å². The number of hydrogen-bond acceptors (Lipinski definition) is 6. The molecule has 3 heterocycles. The summed E-state index contributed by atoms with van der Waals surface area (Å²) < 4.78 is 24.2. The maximum atomic E-state index is 13.6. The molecule has 2 aromatic rings. The van der Waals surface area contributed by atoms with Gasteiger partial charge in [0.15, 0.2) is 18.2 Å². The van der Waals surface area contributed by atoms with Gasteiger partial charge in [-0.1, -0.05) is 12.1 Å². The van der Waals surface area contributed by atoms with Crippen molar-refractivity contribution in [2.75, 3.05) is 37.8 Å². The third-order valence-corrected chi connectivity index (χ3v) is 4.48. The Bertz CT molecular complexity index is 811. The number of benzene rings is 1. The second-order valence-electron chi connectivity index (χ2n) is 6.21. The number of para-hydroxylation sites is 1. The Hall–Kier alpha value is -2.74. The standard InChI is InChI=1S/C18H19FN4O3/c19-14-3-1-2-4-16(14)26-12-17(24)23-10-13-9-20-18(21-15(13)11-23)22-5-7-25-8-6-22/h1-4,9H,5-8,10-12H2. The van der Waals surface area contributed by atoms with Crippen molar-refractivity contribution in [2.45, 2.75) is 13.1 Å². The normalized spacial score (nSPS) is 16.5. The predicted molar refractivity (Wildman–Crippen MR) is 91.2 cm³/mol. The Balaban J connectivity index is 1.38. The number of halogens is 1. The molecule has 7 nitrogen and oxygen atoms in total. The molecule has 2 aliphatic rings. The molecule has 136 valence electrons. The second-order valence-corrected chi connectivity index (χ2v) is 6.21. The Morgan fingerprint density at radius 1 is 1.23 bits per heavy atom. The van der Waals surface area contributed by atoms with Gasteiger partial charge >= 0.3 is 0 Å². The Labute approximate surface area is 150 Å². The van der Waals surface area contributed by atoms with Crippen molar-refractivity contribution in [2.24, 2.45) is 0 Å². The molecule has 1 aromatic carbocycles. The van der Waals surface area contributed by atoms with Gasteiger partial charge in [0.2, 0.25) is 5.95 Å². The Morgan fingerprint density at radius 3 is 2.85 bits per heavy atom. The molecule has 8 heteroatoms. The summed E-state index contributed by atoms with van der Waals surface area (Å²) in [6, 6.07) is 6.04. The lowest BCUT2D eigenvalue weighted by Gasteiger charge is -2.26. The Kier molecular flexibility index (Phi) is 4.66. The van der Waals surface area contributed by atoms with Gasteiger partial charge in [-0.2, -0.15) is 0 Å². The van der Waals surface area contributed by atoms with E-state index in [2.05, 4.69) is 14.9 Å². The van der Waals surface area contributed by atoms with E-state index in [9.17, 15) is 9.18 Å². The summed E-state index contributed by atoms with van der Waals surface area (Å²) in [4.78, 5) is 25.1. The van der Waals surface area contributed by atoms with Crippen LogP contribution >= 0.6 is 0 Å². The van der Waals surface area contributed by atoms with Crippen LogP contribution in [0.15, 0.2) is 30.5 Å². The van der Waals surface area contributed by atoms with Gasteiger partial charge in [-0.05, 0) is 12.1 Å². The minimum atomic E-state index is -0.481. The van der Waals surface area contributed by atoms with E-state index in [1.807, 2.05) is 0 Å². The number of anilines is 1. The second kappa shape index (κ2) is 7.25. The van der Waals surface area contributed by atoms with Gasteiger partial charge in [0.05, 0.1) is 25.5 Å². The van der Waals surface area contributed by atoms with E-state index in [0.717, 1.165) is 24.3 Å². The van der Waals surface area contributed by atoms with Crippen LogP contribution in [-0.4, -0.2) is 53.7 Å². The van der Waals surface area contributed by atoms with E-state index < -0.39 is 5.82 Å². The highest BCUT2D eigenvalue weighted by Crippen LogP contribution is 2.23. The molecule has 1 amide bonds. The maximum absolute atomic E-state index is 13.6. The largest absolute Gasteiger partial charge is 0.481 e. The van der Waals surface area contributed by atoms with Crippen molar-refractivity contribution in [3.63, 3.8) is 0 Å². The van der Waals surface area contributed by atoms with E-state index in [1.54, 1.807) is 23.2 Å². The van der Waals surface area contributed by atoms with Crippen LogP contribution in [-0.2, 0) is 22.6 Å². The summed E-state index contributed by atoms with van der Waals surface area (Å²) in [6.45, 7) is 3.50. The number of fused-ring (bicyclic) bond motifs is 1. The first-order valence-corrected chi connectivity index (χ1v) is 8.53. The lowest BCUT2D eigenvalue weighted by molar-refractivity contribution is -0.134. The summed E-state index contributed by atoms with van der Waals surface area (Å²) in [5.41, 5.74) is 1.78. The summed E-state index contributed by atoms with van der Waals surface area (Å²) in [6.07, 6.45) is 1.78. The van der Waals surface area contributed by atoms with Crippen LogP contribution in [0.25, 0.3) is 0 Å². The molecule has 0 saturated carbocycles. The summed E-state index contributed by atoms with van der Waals surface area (Å²) in [5, 5.41) is 0. The SMILES string of the molecule is O=C(COc1ccccc1F)N1Cc2cnc(N3CCOCC3)nc2C1. The number of ether oxygens (including phenoxy) is 2. The predicted octanol–water partition coefficient (Wildman–Crippen LogP) is 1.37. The van der Waals surface area contributed by atoms with Crippen molar-refractivity contribution < 1.29 is 18.7 Å². The smallest absolute Gasteiger partial charge is 0.261 e. The van der Waals surface area contributed by atoms with Gasteiger partial charge in [-0.3, -0.25) is 4.79 Å². The third kappa shape index (κ3) is 3.45. The molecule has 4 rings (SSSR count). The van der Waals surface area contributed by atoms with E-state index in [-0.39, 0.29) is 18.3 Å². The van der Waals surface area contributed by atoms with E-state index in [4.69, 9.17) is 9.47 Å². The average molecular weight is 358 g/mol. The van der Waals surface area contributed by atoms with E-state index >= 15 is 0 Å². The molecule has 0 spiro atoms. The number of morpholine rings is 1. The van der Waals surface area contributed by atoms with E-state index in [0.29, 0.717) is 32.3 Å². The van der Waals surface area contributed by atoms with Crippen molar-refractivity contribution in [1.82, 2.24) is 14.9 Å². The molecule has 0 radical (unpaired) electrons. The zero-order valence-electron chi connectivity index (χ0n) is 14.2. The van der Waals surface area contributed by atoms with Crippen LogP contribution < -0.4 is 9.64 Å². The molecule has 0 aliphatic carbocycles. The van der Waals surface area contributed by atoms with Crippen LogP contribution in [0, 0.1) is 5.82 Å². The zero-order chi connectivity index (χ0) is 17.9. The van der Waals surface area contributed by atoms with Gasteiger partial charge in [-0.25, -0.2) is 14.4 Å². The molecule has 0 N–H and O–H groups in total.